The van der Waals surface area contributed by atoms with Crippen molar-refractivity contribution >= 4 is 10.9 Å². The second-order valence-electron chi connectivity index (χ2n) is 5.58. The quantitative estimate of drug-likeness (QED) is 0.613. The number of aryl methyl sites for hydroxylation is 2. The molecule has 1 N–H and O–H groups in total. The molecule has 0 saturated carbocycles. The molecule has 6 heteroatoms. The molecule has 0 aliphatic heterocycles. The van der Waals surface area contributed by atoms with E-state index in [1.54, 1.807) is 25.3 Å². The van der Waals surface area contributed by atoms with Crippen LogP contribution in [0.2, 0.25) is 0 Å². The van der Waals surface area contributed by atoms with Crippen molar-refractivity contribution in [2.45, 2.75) is 13.8 Å². The zero-order chi connectivity index (χ0) is 16.7. The lowest BCUT2D eigenvalue weighted by Gasteiger charge is -2.09. The minimum Gasteiger partial charge on any atom is -0.339 e. The highest BCUT2D eigenvalue weighted by atomic mass is 16.5. The molecule has 0 fully saturated rings. The fraction of sp³-hybridized carbons (Fsp3) is 0.111. The lowest BCUT2D eigenvalue weighted by Crippen LogP contribution is -2.10. The van der Waals surface area contributed by atoms with Crippen LogP contribution in [0, 0.1) is 13.8 Å². The minimum atomic E-state index is -0.259. The predicted molar refractivity (Wildman–Crippen MR) is 90.6 cm³/mol. The van der Waals surface area contributed by atoms with Crippen molar-refractivity contribution in [1.82, 2.24) is 20.1 Å². The maximum atomic E-state index is 12.4. The van der Waals surface area contributed by atoms with Gasteiger partial charge in [-0.05, 0) is 24.6 Å². The smallest absolute Gasteiger partial charge is 0.259 e. The molecule has 0 bridgehead atoms. The summed E-state index contributed by atoms with van der Waals surface area (Å²) in [4.78, 5) is 23.9. The molecule has 0 spiro atoms. The first-order valence-electron chi connectivity index (χ1n) is 7.52. The van der Waals surface area contributed by atoms with Gasteiger partial charge in [-0.3, -0.25) is 9.78 Å². The van der Waals surface area contributed by atoms with Crippen LogP contribution in [-0.4, -0.2) is 20.1 Å². The summed E-state index contributed by atoms with van der Waals surface area (Å²) in [6.07, 6.45) is 1.69. The van der Waals surface area contributed by atoms with Crippen LogP contribution in [0.15, 0.2) is 51.9 Å². The number of H-pyrrole nitrogens is 1. The zero-order valence-corrected chi connectivity index (χ0v) is 13.2. The van der Waals surface area contributed by atoms with Crippen molar-refractivity contribution in [2.75, 3.05) is 0 Å². The highest BCUT2D eigenvalue weighted by Crippen LogP contribution is 2.29. The Morgan fingerprint density at radius 3 is 2.67 bits per heavy atom. The Labute approximate surface area is 137 Å². The average Bonchev–Trinajstić information content (AvgIpc) is 3.00. The van der Waals surface area contributed by atoms with Crippen LogP contribution in [0.5, 0.6) is 0 Å². The number of hydrogen-bond donors (Lipinski definition) is 1. The van der Waals surface area contributed by atoms with Crippen molar-refractivity contribution in [3.63, 3.8) is 0 Å². The number of aromatic amines is 1. The third-order valence-electron chi connectivity index (χ3n) is 3.94. The van der Waals surface area contributed by atoms with Gasteiger partial charge in [-0.25, -0.2) is 0 Å². The molecule has 118 valence electrons. The molecule has 0 saturated heterocycles. The summed E-state index contributed by atoms with van der Waals surface area (Å²) in [5.41, 5.74) is 3.76. The zero-order valence-electron chi connectivity index (χ0n) is 13.2. The van der Waals surface area contributed by atoms with Crippen LogP contribution in [0.3, 0.4) is 0 Å². The van der Waals surface area contributed by atoms with Crippen LogP contribution < -0.4 is 5.56 Å². The number of hydrogen-bond acceptors (Lipinski definition) is 5. The SMILES string of the molecule is Cc1nc(-c2cc3c(-c4ccccc4C)nccc3[nH]c2=O)no1. The monoisotopic (exact) mass is 318 g/mol. The highest BCUT2D eigenvalue weighted by molar-refractivity contribution is 5.94. The number of fused-ring (bicyclic) bond motifs is 1. The molecule has 1 aromatic carbocycles. The summed E-state index contributed by atoms with van der Waals surface area (Å²) in [5.74, 6) is 0.685. The molecule has 3 aromatic heterocycles. The van der Waals surface area contributed by atoms with Crippen molar-refractivity contribution in [1.29, 1.82) is 0 Å². The number of aromatic nitrogens is 4. The van der Waals surface area contributed by atoms with Crippen molar-refractivity contribution in [3.8, 4) is 22.6 Å². The number of rotatable bonds is 2. The van der Waals surface area contributed by atoms with E-state index in [4.69, 9.17) is 4.52 Å². The van der Waals surface area contributed by atoms with E-state index in [9.17, 15) is 4.79 Å². The molecule has 0 aliphatic rings. The molecule has 6 nitrogen and oxygen atoms in total. The molecule has 24 heavy (non-hydrogen) atoms. The van der Waals surface area contributed by atoms with Gasteiger partial charge in [0, 0.05) is 24.1 Å². The maximum Gasteiger partial charge on any atom is 0.259 e. The van der Waals surface area contributed by atoms with Crippen LogP contribution in [0.25, 0.3) is 33.5 Å². The fourth-order valence-corrected chi connectivity index (χ4v) is 2.76. The van der Waals surface area contributed by atoms with E-state index in [0.717, 1.165) is 27.7 Å². The van der Waals surface area contributed by atoms with Crippen molar-refractivity contribution < 1.29 is 4.52 Å². The summed E-state index contributed by atoms with van der Waals surface area (Å²) in [7, 11) is 0. The highest BCUT2D eigenvalue weighted by Gasteiger charge is 2.15. The summed E-state index contributed by atoms with van der Waals surface area (Å²) in [6.45, 7) is 3.72. The summed E-state index contributed by atoms with van der Waals surface area (Å²) in [5, 5.41) is 4.68. The van der Waals surface area contributed by atoms with E-state index >= 15 is 0 Å². The van der Waals surface area contributed by atoms with E-state index in [1.165, 1.54) is 0 Å². The van der Waals surface area contributed by atoms with Crippen LogP contribution in [-0.2, 0) is 0 Å². The molecule has 0 unspecified atom stereocenters. The first-order chi connectivity index (χ1) is 11.6. The van der Waals surface area contributed by atoms with Crippen LogP contribution >= 0.6 is 0 Å². The topological polar surface area (TPSA) is 84.7 Å². The second-order valence-corrected chi connectivity index (χ2v) is 5.58. The Morgan fingerprint density at radius 2 is 1.92 bits per heavy atom. The number of nitrogens with zero attached hydrogens (tertiary/aromatic N) is 3. The first-order valence-corrected chi connectivity index (χ1v) is 7.52. The fourth-order valence-electron chi connectivity index (χ4n) is 2.76. The Morgan fingerprint density at radius 1 is 1.08 bits per heavy atom. The maximum absolute atomic E-state index is 12.4. The largest absolute Gasteiger partial charge is 0.339 e. The van der Waals surface area contributed by atoms with E-state index in [2.05, 4.69) is 20.1 Å². The summed E-state index contributed by atoms with van der Waals surface area (Å²) in [6, 6.07) is 11.6. The molecular formula is C18H14N4O2. The molecule has 4 rings (SSSR count). The van der Waals surface area contributed by atoms with Gasteiger partial charge in [0.2, 0.25) is 11.7 Å². The minimum absolute atomic E-state index is 0.259. The van der Waals surface area contributed by atoms with Gasteiger partial charge in [0.15, 0.2) is 0 Å². The molecule has 0 amide bonds. The van der Waals surface area contributed by atoms with Crippen molar-refractivity contribution in [2.24, 2.45) is 0 Å². The third kappa shape index (κ3) is 2.28. The van der Waals surface area contributed by atoms with Crippen LogP contribution in [0.1, 0.15) is 11.5 Å². The van der Waals surface area contributed by atoms with E-state index in [0.29, 0.717) is 11.5 Å². The third-order valence-corrected chi connectivity index (χ3v) is 3.94. The van der Waals surface area contributed by atoms with Gasteiger partial charge in [-0.1, -0.05) is 29.4 Å². The van der Waals surface area contributed by atoms with Gasteiger partial charge in [-0.2, -0.15) is 4.98 Å². The van der Waals surface area contributed by atoms with Gasteiger partial charge in [0.25, 0.3) is 5.56 Å². The Balaban J connectivity index is 2.03. The molecule has 4 aromatic rings. The first kappa shape index (κ1) is 14.3. The Hall–Kier alpha value is -3.28. The standard InChI is InChI=1S/C18H14N4O2/c1-10-5-3-4-6-12(10)16-13-9-14(17-20-11(2)24-22-17)18(23)21-15(13)7-8-19-16/h3-9H,1-2H3,(H,21,23). The van der Waals surface area contributed by atoms with E-state index in [-0.39, 0.29) is 11.4 Å². The summed E-state index contributed by atoms with van der Waals surface area (Å²) >= 11 is 0. The second kappa shape index (κ2) is 5.42. The molecule has 0 radical (unpaired) electrons. The van der Waals surface area contributed by atoms with Crippen LogP contribution in [0.4, 0.5) is 0 Å². The Kier molecular flexibility index (Phi) is 3.23. The summed E-state index contributed by atoms with van der Waals surface area (Å²) < 4.78 is 4.99. The lowest BCUT2D eigenvalue weighted by atomic mass is 10.0. The van der Waals surface area contributed by atoms with Crippen molar-refractivity contribution in [3.05, 3.63) is 64.4 Å². The molecule has 0 aliphatic carbocycles. The molecule has 3 heterocycles. The van der Waals surface area contributed by atoms with Gasteiger partial charge < -0.3 is 9.51 Å². The van der Waals surface area contributed by atoms with E-state index < -0.39 is 0 Å². The predicted octanol–water partition coefficient (Wildman–Crippen LogP) is 3.26. The average molecular weight is 318 g/mol. The lowest BCUT2D eigenvalue weighted by molar-refractivity contribution is 0.394. The normalized spacial score (nSPS) is 11.1. The van der Waals surface area contributed by atoms with Gasteiger partial charge in [0.1, 0.15) is 0 Å². The van der Waals surface area contributed by atoms with E-state index in [1.807, 2.05) is 31.2 Å². The van der Waals surface area contributed by atoms with Gasteiger partial charge >= 0.3 is 0 Å². The van der Waals surface area contributed by atoms with Gasteiger partial charge in [0.05, 0.1) is 16.8 Å². The molecular weight excluding hydrogens is 304 g/mol. The van der Waals surface area contributed by atoms with Gasteiger partial charge in [-0.15, -0.1) is 0 Å². The number of pyridine rings is 2. The number of benzene rings is 1. The number of nitrogens with one attached hydrogen (secondary N) is 1. The Bertz CT molecular complexity index is 1110. The molecule has 0 atom stereocenters.